The summed E-state index contributed by atoms with van der Waals surface area (Å²) in [5.74, 6) is -1.10. The van der Waals surface area contributed by atoms with Gasteiger partial charge in [0, 0.05) is 27.9 Å². The zero-order chi connectivity index (χ0) is 25.6. The first-order valence-electron chi connectivity index (χ1n) is 11.9. The van der Waals surface area contributed by atoms with Gasteiger partial charge in [-0.1, -0.05) is 54.7 Å². The lowest BCUT2D eigenvalue weighted by Crippen LogP contribution is -2.33. The van der Waals surface area contributed by atoms with Crippen LogP contribution in [0.5, 0.6) is 0 Å². The Morgan fingerprint density at radius 2 is 1.92 bits per heavy atom. The van der Waals surface area contributed by atoms with E-state index in [1.54, 1.807) is 34.6 Å². The second-order valence-electron chi connectivity index (χ2n) is 10.2. The minimum absolute atomic E-state index is 0.0286. The van der Waals surface area contributed by atoms with E-state index in [4.69, 9.17) is 34.8 Å². The van der Waals surface area contributed by atoms with E-state index in [0.717, 1.165) is 29.7 Å². The largest absolute Gasteiger partial charge is 0.360 e. The van der Waals surface area contributed by atoms with E-state index in [1.165, 1.54) is 16.5 Å². The summed E-state index contributed by atoms with van der Waals surface area (Å²) in [4.78, 5) is 21.1. The highest BCUT2D eigenvalue weighted by atomic mass is 35.5. The number of carbonyl (C=O) groups excluding carboxylic acids is 1. The average Bonchev–Trinajstić information content (AvgIpc) is 3.44. The summed E-state index contributed by atoms with van der Waals surface area (Å²) >= 11 is 20.2. The predicted octanol–water partition coefficient (Wildman–Crippen LogP) is 8.73. The molecule has 0 aliphatic heterocycles. The van der Waals surface area contributed by atoms with Crippen LogP contribution in [-0.4, -0.2) is 22.3 Å². The van der Waals surface area contributed by atoms with Crippen molar-refractivity contribution in [1.82, 2.24) is 9.88 Å². The Kier molecular flexibility index (Phi) is 7.12. The molecule has 188 valence electrons. The van der Waals surface area contributed by atoms with Crippen LogP contribution in [0.3, 0.4) is 0 Å². The summed E-state index contributed by atoms with van der Waals surface area (Å²) in [6.45, 7) is 5.37. The number of aromatic amines is 1. The van der Waals surface area contributed by atoms with Crippen LogP contribution in [0.2, 0.25) is 15.1 Å². The molecule has 0 atom stereocenters. The van der Waals surface area contributed by atoms with E-state index in [2.05, 4.69) is 24.9 Å². The molecule has 5 rings (SSSR count). The smallest absolute Gasteiger partial charge is 0.259 e. The van der Waals surface area contributed by atoms with Gasteiger partial charge in [0.1, 0.15) is 5.56 Å². The van der Waals surface area contributed by atoms with Crippen LogP contribution in [0, 0.1) is 11.2 Å². The SMILES string of the molecule is CC1(C)CCc2sc(CN(CCc3ccc(Cl)c(Cl)c3)C(=O)c3c(F)c(Cl)cc4cc[nH]c34)cc2C1. The van der Waals surface area contributed by atoms with Crippen molar-refractivity contribution in [3.63, 3.8) is 0 Å². The van der Waals surface area contributed by atoms with Gasteiger partial charge in [-0.25, -0.2) is 4.39 Å². The third-order valence-corrected chi connectivity index (χ3v) is 9.12. The third kappa shape index (κ3) is 5.17. The molecule has 2 heterocycles. The summed E-state index contributed by atoms with van der Waals surface area (Å²) in [5, 5.41) is 1.58. The van der Waals surface area contributed by atoms with Crippen LogP contribution in [0.25, 0.3) is 10.9 Å². The van der Waals surface area contributed by atoms with Crippen LogP contribution in [0.15, 0.2) is 42.6 Å². The zero-order valence-corrected chi connectivity index (χ0v) is 23.1. The number of aromatic nitrogens is 1. The quantitative estimate of drug-likeness (QED) is 0.250. The highest BCUT2D eigenvalue weighted by molar-refractivity contribution is 7.12. The van der Waals surface area contributed by atoms with E-state index in [0.29, 0.717) is 40.5 Å². The van der Waals surface area contributed by atoms with Gasteiger partial charge in [-0.2, -0.15) is 0 Å². The molecule has 0 unspecified atom stereocenters. The van der Waals surface area contributed by atoms with Crippen LogP contribution in [0.1, 0.15) is 51.5 Å². The van der Waals surface area contributed by atoms with E-state index in [9.17, 15) is 4.79 Å². The van der Waals surface area contributed by atoms with Crippen LogP contribution in [0.4, 0.5) is 4.39 Å². The molecule has 1 aliphatic carbocycles. The molecule has 1 N–H and O–H groups in total. The molecule has 3 nitrogen and oxygen atoms in total. The van der Waals surface area contributed by atoms with Crippen molar-refractivity contribution >= 4 is 62.9 Å². The lowest BCUT2D eigenvalue weighted by atomic mass is 9.77. The Hall–Kier alpha value is -2.05. The minimum Gasteiger partial charge on any atom is -0.360 e. The number of fused-ring (bicyclic) bond motifs is 2. The number of amides is 1. The number of benzene rings is 2. The fourth-order valence-corrected chi connectivity index (χ4v) is 6.67. The van der Waals surface area contributed by atoms with Gasteiger partial charge in [-0.05, 0) is 72.6 Å². The van der Waals surface area contributed by atoms with Gasteiger partial charge in [0.05, 0.1) is 27.1 Å². The lowest BCUT2D eigenvalue weighted by Gasteiger charge is -2.29. The van der Waals surface area contributed by atoms with Crippen molar-refractivity contribution in [2.24, 2.45) is 5.41 Å². The van der Waals surface area contributed by atoms with Gasteiger partial charge in [-0.15, -0.1) is 11.3 Å². The first-order valence-corrected chi connectivity index (χ1v) is 13.8. The number of thiophene rings is 1. The minimum atomic E-state index is -0.705. The summed E-state index contributed by atoms with van der Waals surface area (Å²) in [5.41, 5.74) is 3.01. The molecule has 0 spiro atoms. The predicted molar refractivity (Wildman–Crippen MR) is 148 cm³/mol. The monoisotopic (exact) mass is 562 g/mol. The van der Waals surface area contributed by atoms with E-state index < -0.39 is 11.7 Å². The van der Waals surface area contributed by atoms with Crippen molar-refractivity contribution in [3.05, 3.63) is 89.9 Å². The average molecular weight is 564 g/mol. The fraction of sp³-hybridized carbons (Fsp3) is 0.321. The number of H-pyrrole nitrogens is 1. The molecule has 1 amide bonds. The number of carbonyl (C=O) groups is 1. The van der Waals surface area contributed by atoms with Gasteiger partial charge < -0.3 is 9.88 Å². The molecule has 2 aromatic carbocycles. The zero-order valence-electron chi connectivity index (χ0n) is 20.1. The van der Waals surface area contributed by atoms with Crippen molar-refractivity contribution < 1.29 is 9.18 Å². The second kappa shape index (κ2) is 10.0. The second-order valence-corrected chi connectivity index (χ2v) is 12.7. The Bertz CT molecular complexity index is 1460. The normalized spacial score (nSPS) is 14.7. The standard InChI is InChI=1S/C28H26Cl3FN2OS/c1-28(2)8-5-23-18(14-28)12-19(36-23)15-34(10-7-16-3-4-20(29)21(30)11-16)27(35)24-25(32)22(31)13-17-6-9-33-26(17)24/h3-4,6,9,11-13,33H,5,7-8,10,14-15H2,1-2H3. The Labute approximate surface area is 229 Å². The number of aryl methyl sites for hydroxylation is 1. The number of hydrogen-bond acceptors (Lipinski definition) is 2. The molecule has 8 heteroatoms. The van der Waals surface area contributed by atoms with Gasteiger partial charge in [0.25, 0.3) is 5.91 Å². The van der Waals surface area contributed by atoms with E-state index >= 15 is 4.39 Å². The van der Waals surface area contributed by atoms with Gasteiger partial charge in [0.2, 0.25) is 0 Å². The fourth-order valence-electron chi connectivity index (χ4n) is 4.93. The lowest BCUT2D eigenvalue weighted by molar-refractivity contribution is 0.0744. The highest BCUT2D eigenvalue weighted by Gasteiger charge is 2.29. The third-order valence-electron chi connectivity index (χ3n) is 6.89. The number of halogens is 4. The van der Waals surface area contributed by atoms with Crippen molar-refractivity contribution in [2.75, 3.05) is 6.54 Å². The highest BCUT2D eigenvalue weighted by Crippen LogP contribution is 2.39. The topological polar surface area (TPSA) is 36.1 Å². The molecule has 2 aromatic heterocycles. The van der Waals surface area contributed by atoms with Gasteiger partial charge >= 0.3 is 0 Å². The molecule has 1 aliphatic rings. The summed E-state index contributed by atoms with van der Waals surface area (Å²) in [6.07, 6.45) is 5.47. The van der Waals surface area contributed by atoms with Crippen molar-refractivity contribution in [1.29, 1.82) is 0 Å². The van der Waals surface area contributed by atoms with E-state index in [1.807, 2.05) is 12.1 Å². The molecular formula is C28H26Cl3FN2OS. The number of hydrogen-bond donors (Lipinski definition) is 1. The van der Waals surface area contributed by atoms with Crippen LogP contribution >= 0.6 is 46.1 Å². The Morgan fingerprint density at radius 3 is 2.69 bits per heavy atom. The van der Waals surface area contributed by atoms with Crippen molar-refractivity contribution in [2.45, 2.75) is 46.1 Å². The molecule has 0 saturated heterocycles. The number of rotatable bonds is 6. The molecule has 0 saturated carbocycles. The summed E-state index contributed by atoms with van der Waals surface area (Å²) < 4.78 is 15.3. The first kappa shape index (κ1) is 25.6. The Balaban J connectivity index is 1.48. The molecule has 4 aromatic rings. The van der Waals surface area contributed by atoms with Gasteiger partial charge in [-0.3, -0.25) is 4.79 Å². The number of nitrogens with zero attached hydrogens (tertiary/aromatic N) is 1. The first-order chi connectivity index (χ1) is 17.1. The maximum absolute atomic E-state index is 15.3. The molecule has 36 heavy (non-hydrogen) atoms. The Morgan fingerprint density at radius 1 is 1.11 bits per heavy atom. The molecule has 0 bridgehead atoms. The summed E-state index contributed by atoms with van der Waals surface area (Å²) in [6, 6.07) is 11.0. The van der Waals surface area contributed by atoms with E-state index in [-0.39, 0.29) is 16.0 Å². The van der Waals surface area contributed by atoms with Crippen molar-refractivity contribution in [3.8, 4) is 0 Å². The molecule has 0 fully saturated rings. The molecule has 0 radical (unpaired) electrons. The van der Waals surface area contributed by atoms with Crippen LogP contribution < -0.4 is 0 Å². The molecular weight excluding hydrogens is 538 g/mol. The maximum Gasteiger partial charge on any atom is 0.259 e. The number of nitrogens with one attached hydrogen (secondary N) is 1. The summed E-state index contributed by atoms with van der Waals surface area (Å²) in [7, 11) is 0. The van der Waals surface area contributed by atoms with Gasteiger partial charge in [0.15, 0.2) is 5.82 Å². The van der Waals surface area contributed by atoms with Crippen LogP contribution in [-0.2, 0) is 25.8 Å². The maximum atomic E-state index is 15.3.